The van der Waals surface area contributed by atoms with Crippen LogP contribution in [0.25, 0.3) is 6.08 Å². The molecule has 0 saturated carbocycles. The van der Waals surface area contributed by atoms with Crippen LogP contribution in [0.5, 0.6) is 17.2 Å². The molecule has 2 aromatic carbocycles. The van der Waals surface area contributed by atoms with Crippen LogP contribution in [0, 0.1) is 5.82 Å². The fourth-order valence-electron chi connectivity index (χ4n) is 3.19. The predicted molar refractivity (Wildman–Crippen MR) is 122 cm³/mol. The van der Waals surface area contributed by atoms with Crippen LogP contribution in [0.15, 0.2) is 41.3 Å². The van der Waals surface area contributed by atoms with Crippen molar-refractivity contribution in [3.63, 3.8) is 0 Å². The first-order valence-corrected chi connectivity index (χ1v) is 10.7. The summed E-state index contributed by atoms with van der Waals surface area (Å²) < 4.78 is 28.9. The van der Waals surface area contributed by atoms with Crippen molar-refractivity contribution < 1.29 is 33.0 Å². The SMILES string of the molecule is COc1cc(/C=C2\SC(=O)N(CCNC(=O)Cc3ccc(F)cc3)C2=O)cc(OC)c1OC. The number of hydrogen-bond donors (Lipinski definition) is 1. The van der Waals surface area contributed by atoms with Crippen molar-refractivity contribution in [1.29, 1.82) is 0 Å². The van der Waals surface area contributed by atoms with Gasteiger partial charge in [0.2, 0.25) is 11.7 Å². The molecule has 1 N–H and O–H groups in total. The lowest BCUT2D eigenvalue weighted by Gasteiger charge is -2.13. The van der Waals surface area contributed by atoms with Crippen LogP contribution in [0.1, 0.15) is 11.1 Å². The highest BCUT2D eigenvalue weighted by atomic mass is 32.2. The molecule has 1 fully saturated rings. The molecule has 2 aromatic rings. The van der Waals surface area contributed by atoms with Gasteiger partial charge < -0.3 is 19.5 Å². The first kappa shape index (κ1) is 24.1. The van der Waals surface area contributed by atoms with Crippen LogP contribution in [0.3, 0.4) is 0 Å². The molecule has 0 bridgehead atoms. The molecule has 0 aromatic heterocycles. The van der Waals surface area contributed by atoms with Gasteiger partial charge in [-0.15, -0.1) is 0 Å². The number of thioether (sulfide) groups is 1. The Morgan fingerprint density at radius 1 is 1.06 bits per heavy atom. The summed E-state index contributed by atoms with van der Waals surface area (Å²) >= 11 is 0.814. The second kappa shape index (κ2) is 10.9. The highest BCUT2D eigenvalue weighted by molar-refractivity contribution is 8.18. The number of benzene rings is 2. The lowest BCUT2D eigenvalue weighted by molar-refractivity contribution is -0.124. The van der Waals surface area contributed by atoms with Gasteiger partial charge in [-0.2, -0.15) is 0 Å². The first-order chi connectivity index (χ1) is 15.9. The van der Waals surface area contributed by atoms with E-state index >= 15 is 0 Å². The van der Waals surface area contributed by atoms with E-state index in [2.05, 4.69) is 5.32 Å². The Morgan fingerprint density at radius 3 is 2.27 bits per heavy atom. The summed E-state index contributed by atoms with van der Waals surface area (Å²) in [6.45, 7) is 0.141. The van der Waals surface area contributed by atoms with Gasteiger partial charge in [-0.25, -0.2) is 4.39 Å². The van der Waals surface area contributed by atoms with Crippen molar-refractivity contribution in [2.45, 2.75) is 6.42 Å². The number of nitrogens with one attached hydrogen (secondary N) is 1. The number of carbonyl (C=O) groups excluding carboxylic acids is 3. The van der Waals surface area contributed by atoms with Crippen LogP contribution < -0.4 is 19.5 Å². The maximum atomic E-state index is 13.0. The third-order valence-corrected chi connectivity index (χ3v) is 5.70. The zero-order chi connectivity index (χ0) is 24.0. The molecule has 3 amide bonds. The quantitative estimate of drug-likeness (QED) is 0.558. The summed E-state index contributed by atoms with van der Waals surface area (Å²) in [5, 5.41) is 2.24. The van der Waals surface area contributed by atoms with Gasteiger partial charge in [0.05, 0.1) is 32.7 Å². The molecule has 0 aliphatic carbocycles. The lowest BCUT2D eigenvalue weighted by Crippen LogP contribution is -2.37. The Hall–Kier alpha value is -3.53. The Bertz CT molecular complexity index is 1060. The van der Waals surface area contributed by atoms with Crippen LogP contribution in [-0.2, 0) is 16.0 Å². The maximum Gasteiger partial charge on any atom is 0.293 e. The van der Waals surface area contributed by atoms with E-state index in [-0.39, 0.29) is 36.1 Å². The van der Waals surface area contributed by atoms with Crippen molar-refractivity contribution in [3.05, 3.63) is 58.2 Å². The van der Waals surface area contributed by atoms with Gasteiger partial charge in [-0.1, -0.05) is 12.1 Å². The summed E-state index contributed by atoms with van der Waals surface area (Å²) in [7, 11) is 4.46. The van der Waals surface area contributed by atoms with E-state index < -0.39 is 11.1 Å². The molecule has 0 atom stereocenters. The average Bonchev–Trinajstić information content (AvgIpc) is 3.07. The van der Waals surface area contributed by atoms with E-state index in [9.17, 15) is 18.8 Å². The number of rotatable bonds is 9. The molecule has 174 valence electrons. The van der Waals surface area contributed by atoms with Gasteiger partial charge >= 0.3 is 0 Å². The Morgan fingerprint density at radius 2 is 1.70 bits per heavy atom. The Labute approximate surface area is 194 Å². The topological polar surface area (TPSA) is 94.2 Å². The average molecular weight is 475 g/mol. The minimum Gasteiger partial charge on any atom is -0.493 e. The minimum atomic E-state index is -0.452. The van der Waals surface area contributed by atoms with Crippen molar-refractivity contribution in [2.24, 2.45) is 0 Å². The summed E-state index contributed by atoms with van der Waals surface area (Å²) in [4.78, 5) is 38.5. The van der Waals surface area contributed by atoms with Crippen molar-refractivity contribution >= 4 is 34.9 Å². The molecule has 33 heavy (non-hydrogen) atoms. The molecular weight excluding hydrogens is 451 g/mol. The molecule has 1 aliphatic rings. The van der Waals surface area contributed by atoms with Crippen LogP contribution in [-0.4, -0.2) is 56.4 Å². The third-order valence-electron chi connectivity index (χ3n) is 4.79. The first-order valence-electron chi connectivity index (χ1n) is 9.92. The predicted octanol–water partition coefficient (Wildman–Crippen LogP) is 3.25. The van der Waals surface area contributed by atoms with E-state index in [1.54, 1.807) is 18.2 Å². The number of methoxy groups -OCH3 is 3. The molecule has 0 unspecified atom stereocenters. The summed E-state index contributed by atoms with van der Waals surface area (Å²) in [6.07, 6.45) is 1.64. The maximum absolute atomic E-state index is 13.0. The van der Waals surface area contributed by atoms with Gasteiger partial charge in [0.25, 0.3) is 11.1 Å². The van der Waals surface area contributed by atoms with Crippen molar-refractivity contribution in [2.75, 3.05) is 34.4 Å². The van der Waals surface area contributed by atoms with Crippen LogP contribution >= 0.6 is 11.8 Å². The summed E-state index contributed by atoms with van der Waals surface area (Å²) in [6, 6.07) is 8.96. The number of amides is 3. The Balaban J connectivity index is 1.63. The van der Waals surface area contributed by atoms with E-state index in [4.69, 9.17) is 14.2 Å². The van der Waals surface area contributed by atoms with E-state index in [1.807, 2.05) is 0 Å². The smallest absolute Gasteiger partial charge is 0.293 e. The van der Waals surface area contributed by atoms with Gasteiger partial charge in [-0.05, 0) is 53.2 Å². The molecule has 8 nitrogen and oxygen atoms in total. The summed E-state index contributed by atoms with van der Waals surface area (Å²) in [5.41, 5.74) is 1.26. The van der Waals surface area contributed by atoms with Gasteiger partial charge in [0.1, 0.15) is 5.82 Å². The summed E-state index contributed by atoms with van der Waals surface area (Å²) in [5.74, 6) is 0.144. The second-order valence-electron chi connectivity index (χ2n) is 6.95. The molecule has 10 heteroatoms. The number of imide groups is 1. The molecule has 1 heterocycles. The number of halogens is 1. The number of carbonyl (C=O) groups is 3. The fourth-order valence-corrected chi connectivity index (χ4v) is 4.05. The molecule has 1 saturated heterocycles. The lowest BCUT2D eigenvalue weighted by atomic mass is 10.1. The van der Waals surface area contributed by atoms with E-state index in [1.165, 1.54) is 45.6 Å². The van der Waals surface area contributed by atoms with E-state index in [0.29, 0.717) is 28.4 Å². The monoisotopic (exact) mass is 474 g/mol. The zero-order valence-electron chi connectivity index (χ0n) is 18.3. The normalized spacial score (nSPS) is 14.5. The molecule has 0 radical (unpaired) electrons. The highest BCUT2D eigenvalue weighted by Gasteiger charge is 2.34. The second-order valence-corrected chi connectivity index (χ2v) is 7.94. The van der Waals surface area contributed by atoms with Gasteiger partial charge in [-0.3, -0.25) is 19.3 Å². The van der Waals surface area contributed by atoms with Crippen LogP contribution in [0.4, 0.5) is 9.18 Å². The molecular formula is C23H23FN2O6S. The van der Waals surface area contributed by atoms with Gasteiger partial charge in [0, 0.05) is 13.1 Å². The van der Waals surface area contributed by atoms with Crippen LogP contribution in [0.2, 0.25) is 0 Å². The fraction of sp³-hybridized carbons (Fsp3) is 0.261. The zero-order valence-corrected chi connectivity index (χ0v) is 19.2. The molecule has 3 rings (SSSR count). The molecule has 0 spiro atoms. The number of nitrogens with zero attached hydrogens (tertiary/aromatic N) is 1. The minimum absolute atomic E-state index is 0.0341. The van der Waals surface area contributed by atoms with Crippen molar-refractivity contribution in [3.8, 4) is 17.2 Å². The standard InChI is InChI=1S/C23H23FN2O6S/c1-30-17-10-15(11-18(31-2)21(17)32-3)12-19-22(28)26(23(29)33-19)9-8-25-20(27)13-14-4-6-16(24)7-5-14/h4-7,10-12H,8-9,13H2,1-3H3,(H,25,27)/b19-12-. The van der Waals surface area contributed by atoms with Gasteiger partial charge in [0.15, 0.2) is 11.5 Å². The number of ether oxygens (including phenoxy) is 3. The molecule has 1 aliphatic heterocycles. The number of hydrogen-bond acceptors (Lipinski definition) is 7. The largest absolute Gasteiger partial charge is 0.493 e. The Kier molecular flexibility index (Phi) is 7.94. The third kappa shape index (κ3) is 5.83. The highest BCUT2D eigenvalue weighted by Crippen LogP contribution is 2.40. The van der Waals surface area contributed by atoms with Crippen molar-refractivity contribution in [1.82, 2.24) is 10.2 Å². The van der Waals surface area contributed by atoms with E-state index in [0.717, 1.165) is 16.7 Å².